The number of pyridine rings is 1. The van der Waals surface area contributed by atoms with E-state index in [-0.39, 0.29) is 5.91 Å². The Morgan fingerprint density at radius 1 is 1.25 bits per heavy atom. The van der Waals surface area contributed by atoms with Gasteiger partial charge in [0.15, 0.2) is 5.65 Å². The fourth-order valence-corrected chi connectivity index (χ4v) is 3.49. The van der Waals surface area contributed by atoms with Crippen molar-refractivity contribution in [3.63, 3.8) is 0 Å². The number of rotatable bonds is 4. The summed E-state index contributed by atoms with van der Waals surface area (Å²) in [7, 11) is 1.85. The number of hydrogen-bond acceptors (Lipinski definition) is 4. The maximum absolute atomic E-state index is 12.9. The predicted octanol–water partition coefficient (Wildman–Crippen LogP) is 3.93. The fourth-order valence-electron chi connectivity index (χ4n) is 3.31. The zero-order valence-corrected chi connectivity index (χ0v) is 16.5. The van der Waals surface area contributed by atoms with Crippen molar-refractivity contribution < 1.29 is 4.79 Å². The largest absolute Gasteiger partial charge is 0.320 e. The van der Waals surface area contributed by atoms with E-state index in [1.807, 2.05) is 45.2 Å². The SMILES string of the molecule is CCc1c(C(=O)Nc2cnc3c(c2)c(C)nn3C)cnn1-c1cccc(Cl)c1. The third-order valence-electron chi connectivity index (χ3n) is 4.62. The molecule has 3 heterocycles. The van der Waals surface area contributed by atoms with Crippen LogP contribution in [0.5, 0.6) is 0 Å². The number of aromatic nitrogens is 5. The van der Waals surface area contributed by atoms with Gasteiger partial charge < -0.3 is 5.32 Å². The van der Waals surface area contributed by atoms with Gasteiger partial charge in [0.2, 0.25) is 0 Å². The average molecular weight is 395 g/mol. The molecule has 0 atom stereocenters. The number of nitrogens with zero attached hydrogens (tertiary/aromatic N) is 5. The Morgan fingerprint density at radius 3 is 2.82 bits per heavy atom. The number of aryl methyl sites for hydroxylation is 2. The highest BCUT2D eigenvalue weighted by Gasteiger charge is 2.18. The molecule has 8 heteroatoms. The highest BCUT2D eigenvalue weighted by atomic mass is 35.5. The number of halogens is 1. The zero-order chi connectivity index (χ0) is 19.8. The van der Waals surface area contributed by atoms with Crippen LogP contribution in [0.1, 0.15) is 28.7 Å². The first kappa shape index (κ1) is 18.2. The van der Waals surface area contributed by atoms with E-state index in [2.05, 4.69) is 20.5 Å². The maximum atomic E-state index is 12.9. The molecule has 0 bridgehead atoms. The Hall–Kier alpha value is -3.19. The quantitative estimate of drug-likeness (QED) is 0.568. The zero-order valence-electron chi connectivity index (χ0n) is 15.8. The van der Waals surface area contributed by atoms with Crippen molar-refractivity contribution in [3.05, 3.63) is 64.7 Å². The molecule has 0 aliphatic heterocycles. The van der Waals surface area contributed by atoms with Crippen molar-refractivity contribution in [1.29, 1.82) is 0 Å². The van der Waals surface area contributed by atoms with Crippen molar-refractivity contribution >= 4 is 34.2 Å². The smallest absolute Gasteiger partial charge is 0.259 e. The minimum Gasteiger partial charge on any atom is -0.320 e. The lowest BCUT2D eigenvalue weighted by atomic mass is 10.1. The maximum Gasteiger partial charge on any atom is 0.259 e. The minimum atomic E-state index is -0.229. The Balaban J connectivity index is 1.66. The van der Waals surface area contributed by atoms with Crippen molar-refractivity contribution in [3.8, 4) is 5.69 Å². The molecule has 7 nitrogen and oxygen atoms in total. The van der Waals surface area contributed by atoms with Gasteiger partial charge in [-0.3, -0.25) is 9.48 Å². The van der Waals surface area contributed by atoms with Crippen molar-refractivity contribution in [2.24, 2.45) is 7.05 Å². The van der Waals surface area contributed by atoms with E-state index in [0.29, 0.717) is 22.7 Å². The molecule has 0 aliphatic rings. The van der Waals surface area contributed by atoms with E-state index in [0.717, 1.165) is 28.1 Å². The number of fused-ring (bicyclic) bond motifs is 1. The first-order valence-electron chi connectivity index (χ1n) is 8.91. The first-order valence-corrected chi connectivity index (χ1v) is 9.29. The summed E-state index contributed by atoms with van der Waals surface area (Å²) in [5, 5.41) is 13.2. The van der Waals surface area contributed by atoms with E-state index in [4.69, 9.17) is 11.6 Å². The van der Waals surface area contributed by atoms with Crippen LogP contribution in [-0.4, -0.2) is 30.5 Å². The van der Waals surface area contributed by atoms with Gasteiger partial charge >= 0.3 is 0 Å². The molecule has 0 unspecified atom stereocenters. The Morgan fingerprint density at radius 2 is 2.07 bits per heavy atom. The second-order valence-electron chi connectivity index (χ2n) is 6.51. The predicted molar refractivity (Wildman–Crippen MR) is 109 cm³/mol. The standard InChI is InChI=1S/C20H19ClN6O/c1-4-18-17(11-23-27(18)15-7-5-6-13(21)8-15)20(28)24-14-9-16-12(2)25-26(3)19(16)22-10-14/h5-11H,4H2,1-3H3,(H,24,28). The number of anilines is 1. The summed E-state index contributed by atoms with van der Waals surface area (Å²) < 4.78 is 3.47. The summed E-state index contributed by atoms with van der Waals surface area (Å²) in [5.74, 6) is -0.229. The number of benzene rings is 1. The number of nitrogens with one attached hydrogen (secondary N) is 1. The van der Waals surface area contributed by atoms with Crippen molar-refractivity contribution in [2.45, 2.75) is 20.3 Å². The lowest BCUT2D eigenvalue weighted by Crippen LogP contribution is -2.14. The molecule has 0 saturated heterocycles. The summed E-state index contributed by atoms with van der Waals surface area (Å²) in [6.45, 7) is 3.90. The third kappa shape index (κ3) is 3.14. The van der Waals surface area contributed by atoms with E-state index in [1.165, 1.54) is 0 Å². The van der Waals surface area contributed by atoms with Gasteiger partial charge in [-0.2, -0.15) is 10.2 Å². The highest BCUT2D eigenvalue weighted by molar-refractivity contribution is 6.30. The van der Waals surface area contributed by atoms with Crippen LogP contribution < -0.4 is 5.32 Å². The van der Waals surface area contributed by atoms with Crippen LogP contribution in [0.15, 0.2) is 42.7 Å². The van der Waals surface area contributed by atoms with Gasteiger partial charge in [-0.05, 0) is 37.6 Å². The van der Waals surface area contributed by atoms with E-state index in [1.54, 1.807) is 27.8 Å². The van der Waals surface area contributed by atoms with Gasteiger partial charge in [-0.25, -0.2) is 9.67 Å². The van der Waals surface area contributed by atoms with Crippen LogP contribution in [-0.2, 0) is 13.5 Å². The van der Waals surface area contributed by atoms with Gasteiger partial charge in [0, 0.05) is 17.5 Å². The van der Waals surface area contributed by atoms with Crippen LogP contribution in [0.4, 0.5) is 5.69 Å². The van der Waals surface area contributed by atoms with Gasteiger partial charge in [0.25, 0.3) is 5.91 Å². The molecular formula is C20H19ClN6O. The summed E-state index contributed by atoms with van der Waals surface area (Å²) in [6.07, 6.45) is 3.86. The molecular weight excluding hydrogens is 376 g/mol. The highest BCUT2D eigenvalue weighted by Crippen LogP contribution is 2.22. The summed E-state index contributed by atoms with van der Waals surface area (Å²) in [6, 6.07) is 9.27. The second kappa shape index (κ2) is 7.09. The third-order valence-corrected chi connectivity index (χ3v) is 4.86. The van der Waals surface area contributed by atoms with E-state index < -0.39 is 0 Å². The molecule has 28 heavy (non-hydrogen) atoms. The Kier molecular flexibility index (Phi) is 4.60. The Bertz CT molecular complexity index is 1190. The number of carbonyl (C=O) groups excluding carboxylic acids is 1. The molecule has 4 aromatic rings. The van der Waals surface area contributed by atoms with Gasteiger partial charge in [0.05, 0.1) is 40.7 Å². The minimum absolute atomic E-state index is 0.229. The molecule has 1 aromatic carbocycles. The number of hydrogen-bond donors (Lipinski definition) is 1. The van der Waals surface area contributed by atoms with E-state index in [9.17, 15) is 4.79 Å². The molecule has 1 N–H and O–H groups in total. The van der Waals surface area contributed by atoms with Crippen LogP contribution in [0, 0.1) is 6.92 Å². The average Bonchev–Trinajstić information content (AvgIpc) is 3.23. The molecule has 0 aliphatic carbocycles. The molecule has 142 valence electrons. The summed E-state index contributed by atoms with van der Waals surface area (Å²) >= 11 is 6.09. The fraction of sp³-hybridized carbons (Fsp3) is 0.200. The second-order valence-corrected chi connectivity index (χ2v) is 6.94. The van der Waals surface area contributed by atoms with Gasteiger partial charge in [-0.1, -0.05) is 24.6 Å². The topological polar surface area (TPSA) is 77.6 Å². The monoisotopic (exact) mass is 394 g/mol. The lowest BCUT2D eigenvalue weighted by Gasteiger charge is -2.09. The molecule has 1 amide bonds. The van der Waals surface area contributed by atoms with Crippen molar-refractivity contribution in [1.82, 2.24) is 24.5 Å². The summed E-state index contributed by atoms with van der Waals surface area (Å²) in [5.41, 5.74) is 4.41. The molecule has 3 aromatic heterocycles. The van der Waals surface area contributed by atoms with Crippen LogP contribution in [0.25, 0.3) is 16.7 Å². The molecule has 0 spiro atoms. The van der Waals surface area contributed by atoms with Crippen molar-refractivity contribution in [2.75, 3.05) is 5.32 Å². The number of amides is 1. The first-order chi connectivity index (χ1) is 13.5. The van der Waals surface area contributed by atoms with Crippen LogP contribution in [0.3, 0.4) is 0 Å². The normalized spacial score (nSPS) is 11.1. The summed E-state index contributed by atoms with van der Waals surface area (Å²) in [4.78, 5) is 17.3. The molecule has 0 saturated carbocycles. The van der Waals surface area contributed by atoms with Gasteiger partial charge in [-0.15, -0.1) is 0 Å². The van der Waals surface area contributed by atoms with Gasteiger partial charge in [0.1, 0.15) is 0 Å². The molecule has 4 rings (SSSR count). The lowest BCUT2D eigenvalue weighted by molar-refractivity contribution is 0.102. The van der Waals surface area contributed by atoms with Crippen LogP contribution in [0.2, 0.25) is 5.02 Å². The molecule has 0 radical (unpaired) electrons. The van der Waals surface area contributed by atoms with Crippen LogP contribution >= 0.6 is 11.6 Å². The molecule has 0 fully saturated rings. The number of carbonyl (C=O) groups is 1. The Labute approximate surface area is 167 Å². The van der Waals surface area contributed by atoms with E-state index >= 15 is 0 Å².